The van der Waals surface area contributed by atoms with Gasteiger partial charge in [0.1, 0.15) is 11.9 Å². The molecule has 0 aliphatic rings. The topological polar surface area (TPSA) is 164 Å². The number of rotatable bonds is 12. The third-order valence-electron chi connectivity index (χ3n) is 4.44. The van der Waals surface area contributed by atoms with Crippen LogP contribution in [0.25, 0.3) is 0 Å². The zero-order chi connectivity index (χ0) is 23.5. The lowest BCUT2D eigenvalue weighted by molar-refractivity contribution is -0.384. The number of carboxylic acid groups (broad SMARTS) is 1. The number of benzene rings is 1. The lowest BCUT2D eigenvalue weighted by atomic mass is 10.1. The van der Waals surface area contributed by atoms with Gasteiger partial charge in [0.15, 0.2) is 0 Å². The molecule has 0 spiro atoms. The molecule has 0 bridgehead atoms. The molecule has 1 atom stereocenters. The van der Waals surface area contributed by atoms with Gasteiger partial charge in [0, 0.05) is 37.7 Å². The smallest absolute Gasteiger partial charge is 0.326 e. The summed E-state index contributed by atoms with van der Waals surface area (Å²) in [5.74, 6) is -1.58. The normalized spacial score (nSPS) is 11.3. The average molecular weight is 443 g/mol. The molecule has 170 valence electrons. The number of aromatic nitrogens is 1. The Morgan fingerprint density at radius 3 is 2.66 bits per heavy atom. The summed E-state index contributed by atoms with van der Waals surface area (Å²) in [7, 11) is 0. The summed E-state index contributed by atoms with van der Waals surface area (Å²) in [6.45, 7) is 2.11. The van der Waals surface area contributed by atoms with Crippen LogP contribution in [0.2, 0.25) is 0 Å². The van der Waals surface area contributed by atoms with Gasteiger partial charge in [-0.25, -0.2) is 9.78 Å². The number of nitro groups is 1. The average Bonchev–Trinajstić information content (AvgIpc) is 2.75. The van der Waals surface area contributed by atoms with Crippen molar-refractivity contribution in [2.45, 2.75) is 32.2 Å². The predicted octanol–water partition coefficient (Wildman–Crippen LogP) is 1.42. The molecule has 2 aromatic rings. The molecule has 0 saturated heterocycles. The molecule has 4 N–H and O–H groups in total. The maximum atomic E-state index is 12.1. The third-order valence-corrected chi connectivity index (χ3v) is 4.44. The van der Waals surface area contributed by atoms with Crippen molar-refractivity contribution in [3.05, 3.63) is 63.8 Å². The van der Waals surface area contributed by atoms with E-state index in [1.54, 1.807) is 6.20 Å². The second kappa shape index (κ2) is 12.0. The molecule has 0 aliphatic heterocycles. The Labute approximate surface area is 184 Å². The summed E-state index contributed by atoms with van der Waals surface area (Å²) < 4.78 is 0. The first-order valence-electron chi connectivity index (χ1n) is 9.93. The molecule has 1 aromatic heterocycles. The van der Waals surface area contributed by atoms with Crippen molar-refractivity contribution in [3.8, 4) is 0 Å². The van der Waals surface area contributed by atoms with Crippen LogP contribution >= 0.6 is 0 Å². The van der Waals surface area contributed by atoms with E-state index in [1.165, 1.54) is 24.3 Å². The molecule has 11 heteroatoms. The number of amides is 2. The zero-order valence-electron chi connectivity index (χ0n) is 17.5. The lowest BCUT2D eigenvalue weighted by Gasteiger charge is -2.15. The van der Waals surface area contributed by atoms with Crippen molar-refractivity contribution in [2.24, 2.45) is 0 Å². The fraction of sp³-hybridized carbons (Fsp3) is 0.333. The number of carbonyl (C=O) groups is 3. The Kier molecular flexibility index (Phi) is 9.08. The highest BCUT2D eigenvalue weighted by Crippen LogP contribution is 2.14. The van der Waals surface area contributed by atoms with Gasteiger partial charge < -0.3 is 21.1 Å². The summed E-state index contributed by atoms with van der Waals surface area (Å²) >= 11 is 0. The molecule has 2 amide bonds. The SMILES string of the molecule is Cc1ccnc(NCCCC(=O)NCC(=O)NC(Cc2cccc([N+](=O)[O-])c2)C(=O)O)c1. The second-order valence-corrected chi connectivity index (χ2v) is 7.11. The van der Waals surface area contributed by atoms with Gasteiger partial charge in [0.25, 0.3) is 5.69 Å². The zero-order valence-corrected chi connectivity index (χ0v) is 17.5. The summed E-state index contributed by atoms with van der Waals surface area (Å²) in [6, 6.07) is 8.01. The predicted molar refractivity (Wildman–Crippen MR) is 116 cm³/mol. The van der Waals surface area contributed by atoms with E-state index in [1.807, 2.05) is 19.1 Å². The van der Waals surface area contributed by atoms with Gasteiger partial charge in [-0.05, 0) is 36.6 Å². The molecule has 0 aliphatic carbocycles. The Balaban J connectivity index is 1.73. The van der Waals surface area contributed by atoms with Crippen molar-refractivity contribution >= 4 is 29.3 Å². The summed E-state index contributed by atoms with van der Waals surface area (Å²) in [5.41, 5.74) is 1.29. The first kappa shape index (κ1) is 24.3. The number of nitrogens with one attached hydrogen (secondary N) is 3. The van der Waals surface area contributed by atoms with Crippen LogP contribution in [0.3, 0.4) is 0 Å². The quantitative estimate of drug-likeness (QED) is 0.217. The Bertz CT molecular complexity index is 981. The maximum Gasteiger partial charge on any atom is 0.326 e. The van der Waals surface area contributed by atoms with Gasteiger partial charge in [0.05, 0.1) is 11.5 Å². The number of carboxylic acids is 1. The standard InChI is InChI=1S/C21H25N5O6/c1-14-7-9-23-18(10-14)22-8-3-6-19(27)24-13-20(28)25-17(21(29)30)12-15-4-2-5-16(11-15)26(31)32/h2,4-5,7,9-11,17H,3,6,8,12-13H2,1H3,(H,22,23)(H,24,27)(H,25,28)(H,29,30). The lowest BCUT2D eigenvalue weighted by Crippen LogP contribution is -2.46. The summed E-state index contributed by atoms with van der Waals surface area (Å²) in [6.07, 6.45) is 2.26. The van der Waals surface area contributed by atoms with E-state index in [2.05, 4.69) is 20.9 Å². The minimum absolute atomic E-state index is 0.130. The van der Waals surface area contributed by atoms with Gasteiger partial charge in [-0.15, -0.1) is 0 Å². The Hall–Kier alpha value is -4.02. The van der Waals surface area contributed by atoms with Crippen LogP contribution in [0, 0.1) is 17.0 Å². The van der Waals surface area contributed by atoms with Crippen LogP contribution in [-0.4, -0.2) is 51.9 Å². The van der Waals surface area contributed by atoms with E-state index >= 15 is 0 Å². The number of aliphatic carboxylic acids is 1. The third kappa shape index (κ3) is 8.38. The molecule has 1 heterocycles. The van der Waals surface area contributed by atoms with E-state index in [-0.39, 0.29) is 31.0 Å². The van der Waals surface area contributed by atoms with E-state index in [4.69, 9.17) is 0 Å². The Morgan fingerprint density at radius 1 is 1.19 bits per heavy atom. The fourth-order valence-electron chi connectivity index (χ4n) is 2.84. The van der Waals surface area contributed by atoms with Crippen LogP contribution in [0.5, 0.6) is 0 Å². The van der Waals surface area contributed by atoms with Crippen LogP contribution in [0.1, 0.15) is 24.0 Å². The highest BCUT2D eigenvalue weighted by Gasteiger charge is 2.21. The van der Waals surface area contributed by atoms with Crippen molar-refractivity contribution in [3.63, 3.8) is 0 Å². The first-order chi connectivity index (χ1) is 15.2. The van der Waals surface area contributed by atoms with E-state index in [9.17, 15) is 29.6 Å². The first-order valence-corrected chi connectivity index (χ1v) is 9.93. The van der Waals surface area contributed by atoms with E-state index in [0.717, 1.165) is 5.56 Å². The number of nitro benzene ring substituents is 1. The van der Waals surface area contributed by atoms with Crippen molar-refractivity contribution < 1.29 is 24.4 Å². The number of aryl methyl sites for hydroxylation is 1. The summed E-state index contributed by atoms with van der Waals surface area (Å²) in [4.78, 5) is 49.9. The number of carbonyl (C=O) groups excluding carboxylic acids is 2. The molecule has 1 aromatic carbocycles. The van der Waals surface area contributed by atoms with Crippen LogP contribution < -0.4 is 16.0 Å². The van der Waals surface area contributed by atoms with Crippen LogP contribution in [-0.2, 0) is 20.8 Å². The molecule has 0 fully saturated rings. The largest absolute Gasteiger partial charge is 0.480 e. The number of anilines is 1. The Morgan fingerprint density at radius 2 is 1.97 bits per heavy atom. The highest BCUT2D eigenvalue weighted by atomic mass is 16.6. The number of non-ortho nitro benzene ring substituents is 1. The molecule has 1 unspecified atom stereocenters. The van der Waals surface area contributed by atoms with Crippen molar-refractivity contribution in [2.75, 3.05) is 18.4 Å². The molecule has 0 radical (unpaired) electrons. The molecule has 2 rings (SSSR count). The van der Waals surface area contributed by atoms with Gasteiger partial charge in [-0.3, -0.25) is 19.7 Å². The van der Waals surface area contributed by atoms with Crippen molar-refractivity contribution in [1.82, 2.24) is 15.6 Å². The second-order valence-electron chi connectivity index (χ2n) is 7.11. The van der Waals surface area contributed by atoms with E-state index < -0.39 is 22.8 Å². The highest BCUT2D eigenvalue weighted by molar-refractivity contribution is 5.88. The van der Waals surface area contributed by atoms with E-state index in [0.29, 0.717) is 24.3 Å². The van der Waals surface area contributed by atoms with Crippen LogP contribution in [0.4, 0.5) is 11.5 Å². The van der Waals surface area contributed by atoms with Crippen LogP contribution in [0.15, 0.2) is 42.6 Å². The van der Waals surface area contributed by atoms with Gasteiger partial charge >= 0.3 is 5.97 Å². The summed E-state index contributed by atoms with van der Waals surface area (Å²) in [5, 5.41) is 28.1. The number of nitrogens with zero attached hydrogens (tertiary/aromatic N) is 2. The maximum absolute atomic E-state index is 12.1. The van der Waals surface area contributed by atoms with Crippen molar-refractivity contribution in [1.29, 1.82) is 0 Å². The fourth-order valence-corrected chi connectivity index (χ4v) is 2.84. The number of hydrogen-bond acceptors (Lipinski definition) is 7. The molecular formula is C21H25N5O6. The molecular weight excluding hydrogens is 418 g/mol. The molecule has 32 heavy (non-hydrogen) atoms. The number of pyridine rings is 1. The number of hydrogen-bond donors (Lipinski definition) is 4. The van der Waals surface area contributed by atoms with Gasteiger partial charge in [0.2, 0.25) is 11.8 Å². The minimum Gasteiger partial charge on any atom is -0.480 e. The molecule has 0 saturated carbocycles. The monoisotopic (exact) mass is 443 g/mol. The van der Waals surface area contributed by atoms with Gasteiger partial charge in [-0.2, -0.15) is 0 Å². The van der Waals surface area contributed by atoms with Gasteiger partial charge in [-0.1, -0.05) is 12.1 Å². The minimum atomic E-state index is -1.29. The molecule has 11 nitrogen and oxygen atoms in total.